The zero-order chi connectivity index (χ0) is 28.8. The zero-order valence-electron chi connectivity index (χ0n) is 24.8. The number of nitrogens with zero attached hydrogens (tertiary/aromatic N) is 1. The number of Topliss-reactive ketones (excluding diaryl/α,β-unsaturated/α-hetero) is 1. The summed E-state index contributed by atoms with van der Waals surface area (Å²) in [6.45, 7) is 20.5. The summed E-state index contributed by atoms with van der Waals surface area (Å²) >= 11 is 0. The smallest absolute Gasteiger partial charge is 0.197 e. The van der Waals surface area contributed by atoms with E-state index in [9.17, 15) is 4.79 Å². The van der Waals surface area contributed by atoms with E-state index in [1.54, 1.807) is 25.0 Å². The number of fused-ring (bicyclic) bond motifs is 1. The molecule has 6 nitrogen and oxygen atoms in total. The van der Waals surface area contributed by atoms with Crippen LogP contribution in [-0.4, -0.2) is 43.4 Å². The molecule has 208 valence electrons. The molecule has 0 radical (unpaired) electrons. The Morgan fingerprint density at radius 1 is 0.947 bits per heavy atom. The molecule has 0 amide bonds. The van der Waals surface area contributed by atoms with Crippen molar-refractivity contribution in [2.45, 2.75) is 85.6 Å². The highest BCUT2D eigenvalue weighted by atomic mass is 19.1. The van der Waals surface area contributed by atoms with Crippen molar-refractivity contribution in [2.24, 2.45) is 0 Å². The van der Waals surface area contributed by atoms with E-state index >= 15 is 4.39 Å². The molecule has 0 bridgehead atoms. The van der Waals surface area contributed by atoms with Gasteiger partial charge in [0.15, 0.2) is 23.1 Å². The van der Waals surface area contributed by atoms with Gasteiger partial charge in [-0.3, -0.25) is 10.2 Å². The van der Waals surface area contributed by atoms with E-state index in [1.165, 1.54) is 0 Å². The van der Waals surface area contributed by atoms with Crippen LogP contribution in [0.1, 0.15) is 102 Å². The Balaban J connectivity index is 2.10. The second-order valence-corrected chi connectivity index (χ2v) is 12.3. The molecular formula is C31H43FN2O4. The summed E-state index contributed by atoms with van der Waals surface area (Å²) in [6.07, 6.45) is 0. The number of rotatable bonds is 8. The van der Waals surface area contributed by atoms with Gasteiger partial charge in [0.2, 0.25) is 0 Å². The first-order chi connectivity index (χ1) is 17.5. The SMILES string of the molecule is CCOc1cc2c(c(F)c1OCC)C(=N)N(CC(=O)c1cc(C(C)(C)C)c(OC)c(C(C)(C)C)c1)C2(C)C. The first-order valence-corrected chi connectivity index (χ1v) is 13.3. The maximum Gasteiger partial charge on any atom is 0.197 e. The molecule has 1 heterocycles. The molecule has 0 aliphatic carbocycles. The largest absolute Gasteiger partial charge is 0.496 e. The lowest BCUT2D eigenvalue weighted by molar-refractivity contribution is 0.0920. The van der Waals surface area contributed by atoms with Crippen LogP contribution in [0, 0.1) is 11.2 Å². The van der Waals surface area contributed by atoms with E-state index in [1.807, 2.05) is 32.9 Å². The summed E-state index contributed by atoms with van der Waals surface area (Å²) in [6, 6.07) is 5.54. The molecule has 0 aromatic heterocycles. The third-order valence-corrected chi connectivity index (χ3v) is 7.15. The molecule has 1 aliphatic heterocycles. The molecule has 0 fully saturated rings. The third-order valence-electron chi connectivity index (χ3n) is 7.15. The van der Waals surface area contributed by atoms with Crippen LogP contribution in [0.15, 0.2) is 18.2 Å². The Labute approximate surface area is 227 Å². The number of ketones is 1. The topological polar surface area (TPSA) is 71.9 Å². The van der Waals surface area contributed by atoms with Crippen LogP contribution in [0.4, 0.5) is 4.39 Å². The summed E-state index contributed by atoms with van der Waals surface area (Å²) in [5.74, 6) is 0.277. The lowest BCUT2D eigenvalue weighted by atomic mass is 9.78. The number of halogens is 1. The van der Waals surface area contributed by atoms with Crippen LogP contribution >= 0.6 is 0 Å². The fourth-order valence-electron chi connectivity index (χ4n) is 5.06. The van der Waals surface area contributed by atoms with Gasteiger partial charge in [0.1, 0.15) is 11.6 Å². The van der Waals surface area contributed by atoms with Crippen LogP contribution in [-0.2, 0) is 16.4 Å². The summed E-state index contributed by atoms with van der Waals surface area (Å²) in [5, 5.41) is 8.91. The number of benzene rings is 2. The number of carbonyl (C=O) groups is 1. The fraction of sp³-hybridized carbons (Fsp3) is 0.548. The lowest BCUT2D eigenvalue weighted by Crippen LogP contribution is -2.42. The standard InChI is InChI=1S/C31H43FN2O4/c1-12-37-23-16-19-24(25(32)27(23)38-13-2)28(33)34(31(19,9)10)17-22(35)18-14-20(29(3,4)5)26(36-11)21(15-18)30(6,7)8/h14-16,33H,12-13,17H2,1-11H3. The summed E-state index contributed by atoms with van der Waals surface area (Å²) in [7, 11) is 1.66. The molecule has 0 saturated carbocycles. The van der Waals surface area contributed by atoms with E-state index in [0.717, 1.165) is 16.9 Å². The Hall–Kier alpha value is -3.09. The second-order valence-electron chi connectivity index (χ2n) is 12.3. The van der Waals surface area contributed by atoms with Crippen molar-refractivity contribution in [3.05, 3.63) is 51.8 Å². The molecule has 1 N–H and O–H groups in total. The van der Waals surface area contributed by atoms with Crippen molar-refractivity contribution in [1.82, 2.24) is 4.90 Å². The van der Waals surface area contributed by atoms with Crippen molar-refractivity contribution in [3.8, 4) is 17.2 Å². The maximum atomic E-state index is 15.8. The van der Waals surface area contributed by atoms with Gasteiger partial charge in [-0.2, -0.15) is 0 Å². The monoisotopic (exact) mass is 526 g/mol. The van der Waals surface area contributed by atoms with Crippen molar-refractivity contribution in [1.29, 1.82) is 5.41 Å². The second kappa shape index (κ2) is 10.2. The number of amidine groups is 1. The van der Waals surface area contributed by atoms with Gasteiger partial charge in [0.25, 0.3) is 0 Å². The number of hydrogen-bond donors (Lipinski definition) is 1. The zero-order valence-corrected chi connectivity index (χ0v) is 24.8. The van der Waals surface area contributed by atoms with Crippen LogP contribution in [0.3, 0.4) is 0 Å². The molecule has 0 atom stereocenters. The number of hydrogen-bond acceptors (Lipinski definition) is 5. The van der Waals surface area contributed by atoms with Gasteiger partial charge in [-0.15, -0.1) is 0 Å². The van der Waals surface area contributed by atoms with E-state index < -0.39 is 11.4 Å². The Morgan fingerprint density at radius 2 is 1.47 bits per heavy atom. The lowest BCUT2D eigenvalue weighted by Gasteiger charge is -2.34. The number of ether oxygens (including phenoxy) is 3. The Bertz CT molecular complexity index is 1220. The molecule has 2 aromatic carbocycles. The molecule has 38 heavy (non-hydrogen) atoms. The predicted molar refractivity (Wildman–Crippen MR) is 150 cm³/mol. The van der Waals surface area contributed by atoms with Gasteiger partial charge in [0.05, 0.1) is 38.0 Å². The van der Waals surface area contributed by atoms with Crippen LogP contribution < -0.4 is 14.2 Å². The minimum absolute atomic E-state index is 0.00150. The highest BCUT2D eigenvalue weighted by molar-refractivity contribution is 6.07. The van der Waals surface area contributed by atoms with Crippen molar-refractivity contribution >= 4 is 11.6 Å². The average Bonchev–Trinajstić information content (AvgIpc) is 2.99. The molecule has 3 rings (SSSR count). The maximum absolute atomic E-state index is 15.8. The summed E-state index contributed by atoms with van der Waals surface area (Å²) in [5.41, 5.74) is 1.86. The number of methoxy groups -OCH3 is 1. The normalized spacial score (nSPS) is 14.9. The van der Waals surface area contributed by atoms with Gasteiger partial charge < -0.3 is 19.1 Å². The first-order valence-electron chi connectivity index (χ1n) is 13.3. The number of carbonyl (C=O) groups excluding carboxylic acids is 1. The highest BCUT2D eigenvalue weighted by Crippen LogP contribution is 2.46. The summed E-state index contributed by atoms with van der Waals surface area (Å²) in [4.78, 5) is 15.5. The van der Waals surface area contributed by atoms with Gasteiger partial charge in [0, 0.05) is 16.7 Å². The van der Waals surface area contributed by atoms with Gasteiger partial charge in [-0.05, 0) is 62.3 Å². The average molecular weight is 527 g/mol. The molecule has 0 unspecified atom stereocenters. The quantitative estimate of drug-likeness (QED) is 0.376. The first kappa shape index (κ1) is 29.5. The van der Waals surface area contributed by atoms with Gasteiger partial charge in [-0.25, -0.2) is 4.39 Å². The van der Waals surface area contributed by atoms with Gasteiger partial charge >= 0.3 is 0 Å². The van der Waals surface area contributed by atoms with Gasteiger partial charge in [-0.1, -0.05) is 41.5 Å². The molecule has 1 aliphatic rings. The van der Waals surface area contributed by atoms with E-state index in [-0.39, 0.29) is 46.9 Å². The van der Waals surface area contributed by atoms with Crippen molar-refractivity contribution < 1.29 is 23.4 Å². The van der Waals surface area contributed by atoms with Crippen LogP contribution in [0.5, 0.6) is 17.2 Å². The van der Waals surface area contributed by atoms with Crippen molar-refractivity contribution in [2.75, 3.05) is 26.9 Å². The summed E-state index contributed by atoms with van der Waals surface area (Å²) < 4.78 is 32.9. The van der Waals surface area contributed by atoms with E-state index in [2.05, 4.69) is 41.5 Å². The van der Waals surface area contributed by atoms with E-state index in [4.69, 9.17) is 19.6 Å². The third kappa shape index (κ3) is 5.12. The van der Waals surface area contributed by atoms with Crippen LogP contribution in [0.2, 0.25) is 0 Å². The number of nitrogens with one attached hydrogen (secondary N) is 1. The fourth-order valence-corrected chi connectivity index (χ4v) is 5.06. The molecule has 0 spiro atoms. The predicted octanol–water partition coefficient (Wildman–Crippen LogP) is 6.99. The molecular weight excluding hydrogens is 483 g/mol. The minimum atomic E-state index is -0.814. The molecule has 0 saturated heterocycles. The molecule has 7 heteroatoms. The molecule has 2 aromatic rings. The minimum Gasteiger partial charge on any atom is -0.496 e. The van der Waals surface area contributed by atoms with Crippen LogP contribution in [0.25, 0.3) is 0 Å². The van der Waals surface area contributed by atoms with Crippen molar-refractivity contribution in [3.63, 3.8) is 0 Å². The Kier molecular flexibility index (Phi) is 7.93. The Morgan fingerprint density at radius 3 is 1.92 bits per heavy atom. The van der Waals surface area contributed by atoms with E-state index in [0.29, 0.717) is 23.5 Å². The highest BCUT2D eigenvalue weighted by Gasteiger charge is 2.45.